The van der Waals surface area contributed by atoms with Gasteiger partial charge in [-0.25, -0.2) is 5.43 Å². The second kappa shape index (κ2) is 9.82. The first-order valence-electron chi connectivity index (χ1n) is 8.04. The molecule has 0 aliphatic rings. The number of amides is 1. The first-order valence-corrected chi connectivity index (χ1v) is 8.83. The first-order chi connectivity index (χ1) is 13.0. The molecule has 144 valence electrons. The summed E-state index contributed by atoms with van der Waals surface area (Å²) >= 11 is 3.38. The first kappa shape index (κ1) is 20.6. The smallest absolute Gasteiger partial charge is 0.280 e. The van der Waals surface area contributed by atoms with Gasteiger partial charge in [-0.1, -0.05) is 12.1 Å². The number of halogens is 1. The molecule has 0 aliphatic carbocycles. The van der Waals surface area contributed by atoms with Crippen molar-refractivity contribution in [2.75, 3.05) is 21.3 Å². The van der Waals surface area contributed by atoms with E-state index in [1.807, 2.05) is 18.2 Å². The molecular weight excluding hydrogens is 416 g/mol. The van der Waals surface area contributed by atoms with Crippen molar-refractivity contribution in [3.8, 4) is 23.0 Å². The van der Waals surface area contributed by atoms with E-state index in [0.29, 0.717) is 28.6 Å². The second-order valence-electron chi connectivity index (χ2n) is 5.37. The number of para-hydroxylation sites is 1. The number of nitrogens with zero attached hydrogens (tertiary/aromatic N) is 1. The highest BCUT2D eigenvalue weighted by Gasteiger charge is 2.15. The zero-order chi connectivity index (χ0) is 19.8. The monoisotopic (exact) mass is 436 g/mol. The molecule has 8 heteroatoms. The molecule has 0 spiro atoms. The lowest BCUT2D eigenvalue weighted by Crippen LogP contribution is -2.33. The highest BCUT2D eigenvalue weighted by molar-refractivity contribution is 9.10. The fourth-order valence-corrected chi connectivity index (χ4v) is 2.57. The second-order valence-corrected chi connectivity index (χ2v) is 6.23. The molecule has 2 aromatic rings. The van der Waals surface area contributed by atoms with E-state index >= 15 is 0 Å². The third-order valence-corrected chi connectivity index (χ3v) is 4.28. The van der Waals surface area contributed by atoms with Crippen LogP contribution in [-0.4, -0.2) is 39.6 Å². The zero-order valence-corrected chi connectivity index (χ0v) is 17.1. The van der Waals surface area contributed by atoms with Crippen molar-refractivity contribution in [1.29, 1.82) is 0 Å². The minimum Gasteiger partial charge on any atom is -0.496 e. The van der Waals surface area contributed by atoms with Gasteiger partial charge in [-0.3, -0.25) is 4.79 Å². The summed E-state index contributed by atoms with van der Waals surface area (Å²) in [5.74, 6) is 1.78. The molecule has 1 amide bonds. The Labute approximate surface area is 166 Å². The summed E-state index contributed by atoms with van der Waals surface area (Å²) in [5.41, 5.74) is 3.07. The lowest BCUT2D eigenvalue weighted by Gasteiger charge is -2.14. The lowest BCUT2D eigenvalue weighted by molar-refractivity contribution is -0.127. The fourth-order valence-electron chi connectivity index (χ4n) is 2.19. The van der Waals surface area contributed by atoms with E-state index in [-0.39, 0.29) is 5.91 Å². The van der Waals surface area contributed by atoms with Crippen LogP contribution in [-0.2, 0) is 4.79 Å². The van der Waals surface area contributed by atoms with E-state index in [1.165, 1.54) is 27.5 Å². The van der Waals surface area contributed by atoms with Crippen molar-refractivity contribution in [3.05, 3.63) is 46.4 Å². The summed E-state index contributed by atoms with van der Waals surface area (Å²) in [6.07, 6.45) is 0.734. The van der Waals surface area contributed by atoms with Crippen molar-refractivity contribution < 1.29 is 23.7 Å². The molecule has 1 atom stereocenters. The predicted molar refractivity (Wildman–Crippen MR) is 106 cm³/mol. The van der Waals surface area contributed by atoms with E-state index in [9.17, 15) is 4.79 Å². The zero-order valence-electron chi connectivity index (χ0n) is 15.5. The van der Waals surface area contributed by atoms with Crippen LogP contribution in [0.5, 0.6) is 23.0 Å². The van der Waals surface area contributed by atoms with Crippen LogP contribution < -0.4 is 24.4 Å². The topological polar surface area (TPSA) is 78.4 Å². The van der Waals surface area contributed by atoms with Crippen LogP contribution in [0, 0.1) is 0 Å². The van der Waals surface area contributed by atoms with Crippen LogP contribution in [0.1, 0.15) is 12.5 Å². The van der Waals surface area contributed by atoms with E-state index < -0.39 is 6.10 Å². The van der Waals surface area contributed by atoms with Crippen molar-refractivity contribution in [2.24, 2.45) is 5.10 Å². The Bertz CT molecular complexity index is 826. The lowest BCUT2D eigenvalue weighted by atomic mass is 10.2. The SMILES string of the molecule is COc1cc(OC)c(OC)cc1C=NNC(=O)[C@@H](C)Oc1ccccc1Br. The van der Waals surface area contributed by atoms with E-state index in [2.05, 4.69) is 26.5 Å². The van der Waals surface area contributed by atoms with Crippen molar-refractivity contribution in [1.82, 2.24) is 5.43 Å². The summed E-state index contributed by atoms with van der Waals surface area (Å²) in [7, 11) is 4.61. The number of ether oxygens (including phenoxy) is 4. The molecule has 7 nitrogen and oxygen atoms in total. The van der Waals surface area contributed by atoms with E-state index in [0.717, 1.165) is 4.47 Å². The summed E-state index contributed by atoms with van der Waals surface area (Å²) in [6.45, 7) is 1.64. The highest BCUT2D eigenvalue weighted by atomic mass is 79.9. The Balaban J connectivity index is 2.06. The van der Waals surface area contributed by atoms with Gasteiger partial charge < -0.3 is 18.9 Å². The van der Waals surface area contributed by atoms with Gasteiger partial charge in [0.05, 0.1) is 32.0 Å². The highest BCUT2D eigenvalue weighted by Crippen LogP contribution is 2.33. The molecule has 1 N–H and O–H groups in total. The Kier molecular flexibility index (Phi) is 7.48. The van der Waals surface area contributed by atoms with Crippen LogP contribution in [0.3, 0.4) is 0 Å². The van der Waals surface area contributed by atoms with E-state index in [4.69, 9.17) is 18.9 Å². The predicted octanol–water partition coefficient (Wildman–Crippen LogP) is 3.39. The van der Waals surface area contributed by atoms with Gasteiger partial charge in [-0.15, -0.1) is 0 Å². The summed E-state index contributed by atoms with van der Waals surface area (Å²) in [4.78, 5) is 12.2. The molecule has 0 fully saturated rings. The molecule has 2 rings (SSSR count). The van der Waals surface area contributed by atoms with Gasteiger partial charge in [0.2, 0.25) is 0 Å². The minimum atomic E-state index is -0.729. The third-order valence-electron chi connectivity index (χ3n) is 3.62. The number of methoxy groups -OCH3 is 3. The number of hydrazone groups is 1. The van der Waals surface area contributed by atoms with Crippen LogP contribution in [0.4, 0.5) is 0 Å². The van der Waals surface area contributed by atoms with Crippen LogP contribution in [0.25, 0.3) is 0 Å². The van der Waals surface area contributed by atoms with Gasteiger partial charge >= 0.3 is 0 Å². The molecule has 0 radical (unpaired) electrons. The standard InChI is InChI=1S/C19H21BrN2O5/c1-12(27-15-8-6-5-7-14(15)20)19(23)22-21-11-13-9-17(25-3)18(26-4)10-16(13)24-2/h5-12H,1-4H3,(H,22,23)/t12-/m1/s1. The molecule has 0 aliphatic heterocycles. The van der Waals surface area contributed by atoms with Crippen molar-refractivity contribution in [2.45, 2.75) is 13.0 Å². The van der Waals surface area contributed by atoms with Gasteiger partial charge in [-0.2, -0.15) is 5.10 Å². The molecule has 0 aromatic heterocycles. The van der Waals surface area contributed by atoms with Crippen molar-refractivity contribution >= 4 is 28.1 Å². The maximum Gasteiger partial charge on any atom is 0.280 e. The maximum absolute atomic E-state index is 12.2. The van der Waals surface area contributed by atoms with Gasteiger partial charge in [0.1, 0.15) is 11.5 Å². The number of carbonyl (C=O) groups is 1. The summed E-state index contributed by atoms with van der Waals surface area (Å²) in [6, 6.07) is 10.7. The van der Waals surface area contributed by atoms with Gasteiger partial charge in [0.15, 0.2) is 17.6 Å². The van der Waals surface area contributed by atoms with Crippen LogP contribution in [0.15, 0.2) is 46.0 Å². The van der Waals surface area contributed by atoms with Crippen LogP contribution in [0.2, 0.25) is 0 Å². The fraction of sp³-hybridized carbons (Fsp3) is 0.263. The minimum absolute atomic E-state index is 0.388. The average Bonchev–Trinajstić information content (AvgIpc) is 2.68. The Morgan fingerprint density at radius 2 is 1.67 bits per heavy atom. The molecule has 0 unspecified atom stereocenters. The average molecular weight is 437 g/mol. The molecule has 0 bridgehead atoms. The number of nitrogens with one attached hydrogen (secondary N) is 1. The molecule has 0 heterocycles. The molecule has 0 saturated carbocycles. The van der Waals surface area contributed by atoms with Gasteiger partial charge in [0.25, 0.3) is 5.91 Å². The number of hydrogen-bond acceptors (Lipinski definition) is 6. The van der Waals surface area contributed by atoms with E-state index in [1.54, 1.807) is 25.1 Å². The molecule has 2 aromatic carbocycles. The van der Waals surface area contributed by atoms with Crippen LogP contribution >= 0.6 is 15.9 Å². The number of hydrogen-bond donors (Lipinski definition) is 1. The maximum atomic E-state index is 12.2. The Morgan fingerprint density at radius 3 is 2.30 bits per heavy atom. The Hall–Kier alpha value is -2.74. The normalized spacial score (nSPS) is 11.7. The quantitative estimate of drug-likeness (QED) is 0.506. The molecular formula is C19H21BrN2O5. The largest absolute Gasteiger partial charge is 0.496 e. The summed E-state index contributed by atoms with van der Waals surface area (Å²) in [5, 5.41) is 3.97. The molecule has 27 heavy (non-hydrogen) atoms. The number of benzene rings is 2. The number of carbonyl (C=O) groups excluding carboxylic acids is 1. The van der Waals surface area contributed by atoms with Gasteiger partial charge in [-0.05, 0) is 41.1 Å². The molecule has 0 saturated heterocycles. The Morgan fingerprint density at radius 1 is 1.04 bits per heavy atom. The summed E-state index contributed by atoms with van der Waals surface area (Å²) < 4.78 is 22.2. The van der Waals surface area contributed by atoms with Gasteiger partial charge in [0, 0.05) is 11.6 Å². The third kappa shape index (κ3) is 5.37. The number of rotatable bonds is 8. The van der Waals surface area contributed by atoms with Crippen molar-refractivity contribution in [3.63, 3.8) is 0 Å².